The Labute approximate surface area is 90.3 Å². The van der Waals surface area contributed by atoms with Crippen molar-refractivity contribution in [3.8, 4) is 5.75 Å². The zero-order valence-electron chi connectivity index (χ0n) is 9.46. The molecule has 0 heterocycles. The number of carbonyl (C=O) groups is 1. The van der Waals surface area contributed by atoms with Crippen molar-refractivity contribution in [2.45, 2.75) is 32.1 Å². The molecule has 2 nitrogen and oxygen atoms in total. The summed E-state index contributed by atoms with van der Waals surface area (Å²) in [5.41, 5.74) is 2.08. The highest BCUT2D eigenvalue weighted by molar-refractivity contribution is 5.91. The second-order valence-corrected chi connectivity index (χ2v) is 4.32. The summed E-state index contributed by atoms with van der Waals surface area (Å²) in [7, 11) is 1.67. The number of hydrogen-bond acceptors (Lipinski definition) is 2. The fraction of sp³-hybridized carbons (Fsp3) is 0.462. The molecule has 0 amide bonds. The highest BCUT2D eigenvalue weighted by Gasteiger charge is 2.48. The Kier molecular flexibility index (Phi) is 2.29. The number of hydrogen-bond donors (Lipinski definition) is 0. The minimum absolute atomic E-state index is 0.170. The van der Waals surface area contributed by atoms with Crippen LogP contribution in [0, 0.1) is 6.92 Å². The number of aryl methyl sites for hydroxylation is 1. The zero-order valence-corrected chi connectivity index (χ0v) is 9.46. The molecule has 15 heavy (non-hydrogen) atoms. The van der Waals surface area contributed by atoms with Crippen LogP contribution in [0.1, 0.15) is 30.9 Å². The number of rotatable bonds is 3. The Morgan fingerprint density at radius 1 is 1.40 bits per heavy atom. The van der Waals surface area contributed by atoms with E-state index in [4.69, 9.17) is 4.74 Å². The molecule has 0 saturated heterocycles. The summed E-state index contributed by atoms with van der Waals surface area (Å²) in [6, 6.07) is 6.04. The first-order valence-electron chi connectivity index (χ1n) is 5.26. The van der Waals surface area contributed by atoms with E-state index in [-0.39, 0.29) is 11.2 Å². The Balaban J connectivity index is 2.39. The van der Waals surface area contributed by atoms with E-state index in [0.717, 1.165) is 29.7 Å². The molecule has 2 rings (SSSR count). The second kappa shape index (κ2) is 3.37. The van der Waals surface area contributed by atoms with Crippen molar-refractivity contribution in [3.63, 3.8) is 0 Å². The number of methoxy groups -OCH3 is 1. The molecule has 1 fully saturated rings. The molecular formula is C13H16O2. The third-order valence-electron chi connectivity index (χ3n) is 3.37. The molecule has 1 aliphatic carbocycles. The van der Waals surface area contributed by atoms with Gasteiger partial charge >= 0.3 is 0 Å². The van der Waals surface area contributed by atoms with Crippen molar-refractivity contribution < 1.29 is 9.53 Å². The van der Waals surface area contributed by atoms with E-state index in [1.54, 1.807) is 14.0 Å². The molecule has 0 aliphatic heterocycles. The zero-order chi connectivity index (χ0) is 11.1. The summed E-state index contributed by atoms with van der Waals surface area (Å²) in [6.07, 6.45) is 1.99. The van der Waals surface area contributed by atoms with Crippen molar-refractivity contribution in [2.24, 2.45) is 0 Å². The average Bonchev–Trinajstić information content (AvgIpc) is 2.98. The van der Waals surface area contributed by atoms with Crippen molar-refractivity contribution >= 4 is 5.78 Å². The summed E-state index contributed by atoms with van der Waals surface area (Å²) in [5, 5.41) is 0. The summed E-state index contributed by atoms with van der Waals surface area (Å²) < 4.78 is 5.21. The molecule has 0 unspecified atom stereocenters. The van der Waals surface area contributed by atoms with E-state index in [9.17, 15) is 4.79 Å². The van der Waals surface area contributed by atoms with E-state index in [0.29, 0.717) is 0 Å². The quantitative estimate of drug-likeness (QED) is 0.756. The first-order chi connectivity index (χ1) is 7.10. The first-order valence-corrected chi connectivity index (χ1v) is 5.26. The van der Waals surface area contributed by atoms with Crippen LogP contribution in [0.15, 0.2) is 18.2 Å². The van der Waals surface area contributed by atoms with Gasteiger partial charge in [-0.15, -0.1) is 0 Å². The number of Topliss-reactive ketones (excluding diaryl/α,β-unsaturated/α-hetero) is 1. The average molecular weight is 204 g/mol. The van der Waals surface area contributed by atoms with Crippen molar-refractivity contribution in [1.29, 1.82) is 0 Å². The van der Waals surface area contributed by atoms with Gasteiger partial charge in [0.05, 0.1) is 12.5 Å². The lowest BCUT2D eigenvalue weighted by Crippen LogP contribution is -2.16. The highest BCUT2D eigenvalue weighted by Crippen LogP contribution is 2.49. The number of benzene rings is 1. The van der Waals surface area contributed by atoms with Crippen LogP contribution in [-0.4, -0.2) is 12.9 Å². The van der Waals surface area contributed by atoms with E-state index in [2.05, 4.69) is 6.07 Å². The van der Waals surface area contributed by atoms with Crippen LogP contribution in [0.3, 0.4) is 0 Å². The maximum atomic E-state index is 11.6. The lowest BCUT2D eigenvalue weighted by Gasteiger charge is -2.14. The SMILES string of the molecule is COc1ccc(C2(C(C)=O)CC2)cc1C. The molecule has 80 valence electrons. The predicted octanol–water partition coefficient (Wildman–Crippen LogP) is 2.62. The van der Waals surface area contributed by atoms with Gasteiger partial charge in [0.15, 0.2) is 0 Å². The standard InChI is InChI=1S/C13H16O2/c1-9-8-11(4-5-12(9)15-3)13(6-7-13)10(2)14/h4-5,8H,6-7H2,1-3H3. The van der Waals surface area contributed by atoms with Crippen LogP contribution in [-0.2, 0) is 10.2 Å². The third-order valence-corrected chi connectivity index (χ3v) is 3.37. The Hall–Kier alpha value is -1.31. The molecule has 1 aromatic rings. The van der Waals surface area contributed by atoms with Gasteiger partial charge < -0.3 is 4.74 Å². The van der Waals surface area contributed by atoms with Crippen LogP contribution < -0.4 is 4.74 Å². The molecule has 2 heteroatoms. The molecule has 0 atom stereocenters. The van der Waals surface area contributed by atoms with Gasteiger partial charge in [-0.2, -0.15) is 0 Å². The third kappa shape index (κ3) is 1.54. The molecule has 1 aromatic carbocycles. The molecule has 0 spiro atoms. The van der Waals surface area contributed by atoms with Crippen LogP contribution in [0.2, 0.25) is 0 Å². The normalized spacial score (nSPS) is 17.3. The molecule has 1 aliphatic rings. The van der Waals surface area contributed by atoms with Gasteiger partial charge in [0.2, 0.25) is 0 Å². The molecule has 0 aromatic heterocycles. The van der Waals surface area contributed by atoms with Crippen molar-refractivity contribution in [3.05, 3.63) is 29.3 Å². The van der Waals surface area contributed by atoms with Gasteiger partial charge in [-0.3, -0.25) is 4.79 Å². The summed E-state index contributed by atoms with van der Waals surface area (Å²) in [4.78, 5) is 11.6. The highest BCUT2D eigenvalue weighted by atomic mass is 16.5. The second-order valence-electron chi connectivity index (χ2n) is 4.32. The van der Waals surface area contributed by atoms with Gasteiger partial charge in [-0.1, -0.05) is 12.1 Å². The van der Waals surface area contributed by atoms with Gasteiger partial charge in [-0.25, -0.2) is 0 Å². The molecule has 0 radical (unpaired) electrons. The summed E-state index contributed by atoms with van der Waals surface area (Å²) in [6.45, 7) is 3.70. The number of ether oxygens (including phenoxy) is 1. The first kappa shape index (κ1) is 10.2. The predicted molar refractivity (Wildman–Crippen MR) is 59.3 cm³/mol. The van der Waals surface area contributed by atoms with Crippen LogP contribution >= 0.6 is 0 Å². The minimum atomic E-state index is -0.170. The molecule has 0 bridgehead atoms. The number of ketones is 1. The maximum absolute atomic E-state index is 11.6. The van der Waals surface area contributed by atoms with Crippen molar-refractivity contribution in [2.75, 3.05) is 7.11 Å². The van der Waals surface area contributed by atoms with E-state index >= 15 is 0 Å². The summed E-state index contributed by atoms with van der Waals surface area (Å²) >= 11 is 0. The summed E-state index contributed by atoms with van der Waals surface area (Å²) in [5.74, 6) is 1.17. The lowest BCUT2D eigenvalue weighted by molar-refractivity contribution is -0.119. The smallest absolute Gasteiger partial charge is 0.140 e. The van der Waals surface area contributed by atoms with E-state index in [1.807, 2.05) is 19.1 Å². The van der Waals surface area contributed by atoms with Crippen molar-refractivity contribution in [1.82, 2.24) is 0 Å². The monoisotopic (exact) mass is 204 g/mol. The largest absolute Gasteiger partial charge is 0.496 e. The van der Waals surface area contributed by atoms with Gasteiger partial charge in [-0.05, 0) is 43.9 Å². The van der Waals surface area contributed by atoms with E-state index < -0.39 is 0 Å². The molecule has 0 N–H and O–H groups in total. The maximum Gasteiger partial charge on any atom is 0.140 e. The van der Waals surface area contributed by atoms with Crippen LogP contribution in [0.4, 0.5) is 0 Å². The van der Waals surface area contributed by atoms with Gasteiger partial charge in [0.25, 0.3) is 0 Å². The van der Waals surface area contributed by atoms with Gasteiger partial charge in [0.1, 0.15) is 11.5 Å². The van der Waals surface area contributed by atoms with Crippen LogP contribution in [0.25, 0.3) is 0 Å². The van der Waals surface area contributed by atoms with E-state index in [1.165, 1.54) is 0 Å². The Bertz CT molecular complexity index is 403. The fourth-order valence-electron chi connectivity index (χ4n) is 2.15. The number of carbonyl (C=O) groups excluding carboxylic acids is 1. The Morgan fingerprint density at radius 2 is 2.07 bits per heavy atom. The van der Waals surface area contributed by atoms with Crippen LogP contribution in [0.5, 0.6) is 5.75 Å². The fourth-order valence-corrected chi connectivity index (χ4v) is 2.15. The molecular weight excluding hydrogens is 188 g/mol. The van der Waals surface area contributed by atoms with Gasteiger partial charge in [0, 0.05) is 0 Å². The lowest BCUT2D eigenvalue weighted by atomic mass is 9.91. The molecule has 1 saturated carbocycles. The Morgan fingerprint density at radius 3 is 2.47 bits per heavy atom. The topological polar surface area (TPSA) is 26.3 Å². The minimum Gasteiger partial charge on any atom is -0.496 e.